The maximum Gasteiger partial charge on any atom is 0.0339 e. The largest absolute Gasteiger partial charge is 0.329 e. The van der Waals surface area contributed by atoms with Crippen LogP contribution in [0.4, 0.5) is 0 Å². The molecule has 1 unspecified atom stereocenters. The zero-order valence-corrected chi connectivity index (χ0v) is 15.2. The summed E-state index contributed by atoms with van der Waals surface area (Å²) in [5.74, 6) is 1.36. The van der Waals surface area contributed by atoms with Crippen LogP contribution < -0.4 is 5.73 Å². The fraction of sp³-hybridized carbons (Fsp3) is 1.00. The van der Waals surface area contributed by atoms with Gasteiger partial charge in [0.05, 0.1) is 0 Å². The summed E-state index contributed by atoms with van der Waals surface area (Å²) in [5, 5.41) is 0. The molecule has 0 aromatic rings. The van der Waals surface area contributed by atoms with E-state index in [2.05, 4.69) is 65.4 Å². The first-order valence-electron chi connectivity index (χ1n) is 8.30. The minimum Gasteiger partial charge on any atom is -0.329 e. The summed E-state index contributed by atoms with van der Waals surface area (Å²) in [7, 11) is 4.30. The summed E-state index contributed by atoms with van der Waals surface area (Å²) in [5.41, 5.74) is 6.44. The molecule has 0 aromatic carbocycles. The Morgan fingerprint density at radius 2 is 1.40 bits per heavy atom. The van der Waals surface area contributed by atoms with Crippen molar-refractivity contribution in [3.63, 3.8) is 0 Å². The molecule has 0 amide bonds. The van der Waals surface area contributed by atoms with Crippen LogP contribution in [-0.2, 0) is 0 Å². The van der Waals surface area contributed by atoms with Crippen LogP contribution in [0.3, 0.4) is 0 Å². The van der Waals surface area contributed by atoms with Crippen LogP contribution in [0.2, 0.25) is 0 Å². The third kappa shape index (κ3) is 6.11. The van der Waals surface area contributed by atoms with Crippen LogP contribution in [0.25, 0.3) is 0 Å². The van der Waals surface area contributed by atoms with E-state index in [1.54, 1.807) is 0 Å². The van der Waals surface area contributed by atoms with E-state index in [4.69, 9.17) is 5.73 Å². The molecule has 3 heteroatoms. The zero-order chi connectivity index (χ0) is 15.9. The van der Waals surface area contributed by atoms with Gasteiger partial charge < -0.3 is 10.6 Å². The second kappa shape index (κ2) is 9.01. The minimum absolute atomic E-state index is 0.145. The highest BCUT2D eigenvalue weighted by molar-refractivity contribution is 4.95. The fourth-order valence-corrected chi connectivity index (χ4v) is 3.86. The Morgan fingerprint density at radius 1 is 0.950 bits per heavy atom. The summed E-state index contributed by atoms with van der Waals surface area (Å²) in [6.45, 7) is 16.8. The Balaban J connectivity index is 5.29. The monoisotopic (exact) mass is 285 g/mol. The van der Waals surface area contributed by atoms with Gasteiger partial charge in [0.2, 0.25) is 0 Å². The van der Waals surface area contributed by atoms with Crippen molar-refractivity contribution >= 4 is 0 Å². The zero-order valence-electron chi connectivity index (χ0n) is 15.2. The molecule has 1 atom stereocenters. The van der Waals surface area contributed by atoms with Gasteiger partial charge in [-0.15, -0.1) is 0 Å². The normalized spacial score (nSPS) is 14.8. The highest BCUT2D eigenvalue weighted by Crippen LogP contribution is 2.32. The Morgan fingerprint density at radius 3 is 1.65 bits per heavy atom. The lowest BCUT2D eigenvalue weighted by molar-refractivity contribution is 0.0174. The molecule has 0 aromatic heterocycles. The number of nitrogens with two attached hydrogens (primary N) is 1. The third-order valence-electron chi connectivity index (χ3n) is 4.07. The van der Waals surface area contributed by atoms with Crippen LogP contribution in [0, 0.1) is 11.8 Å². The minimum atomic E-state index is 0.145. The van der Waals surface area contributed by atoms with Crippen LogP contribution in [-0.4, -0.2) is 55.1 Å². The van der Waals surface area contributed by atoms with Crippen molar-refractivity contribution in [1.29, 1.82) is 0 Å². The highest BCUT2D eigenvalue weighted by atomic mass is 15.3. The molecular weight excluding hydrogens is 246 g/mol. The Hall–Kier alpha value is -0.120. The lowest BCUT2D eigenvalue weighted by Gasteiger charge is -2.49. The number of rotatable bonds is 10. The number of hydrogen-bond acceptors (Lipinski definition) is 3. The summed E-state index contributed by atoms with van der Waals surface area (Å²) in [6.07, 6.45) is 2.38. The SMILES string of the molecule is CCN(C(C)CN(C)C)C(CN)(CC(C)C)CC(C)C. The molecule has 0 aliphatic heterocycles. The Kier molecular flexibility index (Phi) is 8.96. The second-order valence-corrected chi connectivity index (χ2v) is 7.52. The van der Waals surface area contributed by atoms with Gasteiger partial charge in [0.1, 0.15) is 0 Å². The molecule has 0 saturated carbocycles. The summed E-state index contributed by atoms with van der Waals surface area (Å²) < 4.78 is 0. The Labute approximate surface area is 127 Å². The van der Waals surface area contributed by atoms with Gasteiger partial charge in [-0.05, 0) is 52.2 Å². The van der Waals surface area contributed by atoms with Gasteiger partial charge >= 0.3 is 0 Å². The molecule has 0 aliphatic rings. The van der Waals surface area contributed by atoms with E-state index in [0.29, 0.717) is 17.9 Å². The number of nitrogens with zero attached hydrogens (tertiary/aromatic N) is 2. The van der Waals surface area contributed by atoms with Crippen LogP contribution >= 0.6 is 0 Å². The maximum atomic E-state index is 6.29. The van der Waals surface area contributed by atoms with E-state index in [0.717, 1.165) is 19.6 Å². The molecule has 0 fully saturated rings. The maximum absolute atomic E-state index is 6.29. The molecule has 0 aliphatic carbocycles. The van der Waals surface area contributed by atoms with Gasteiger partial charge in [-0.1, -0.05) is 34.6 Å². The molecule has 3 nitrogen and oxygen atoms in total. The van der Waals surface area contributed by atoms with Gasteiger partial charge in [0.15, 0.2) is 0 Å². The first-order chi connectivity index (χ1) is 9.18. The Bertz CT molecular complexity index is 239. The van der Waals surface area contributed by atoms with Crippen LogP contribution in [0.15, 0.2) is 0 Å². The summed E-state index contributed by atoms with van der Waals surface area (Å²) in [4.78, 5) is 4.94. The smallest absolute Gasteiger partial charge is 0.0339 e. The van der Waals surface area contributed by atoms with Crippen molar-refractivity contribution < 1.29 is 0 Å². The van der Waals surface area contributed by atoms with Crippen LogP contribution in [0.1, 0.15) is 54.4 Å². The predicted octanol–water partition coefficient (Wildman–Crippen LogP) is 3.05. The molecule has 20 heavy (non-hydrogen) atoms. The van der Waals surface area contributed by atoms with Gasteiger partial charge in [-0.3, -0.25) is 4.90 Å². The van der Waals surface area contributed by atoms with Crippen molar-refractivity contribution in [1.82, 2.24) is 9.80 Å². The molecule has 2 N–H and O–H groups in total. The van der Waals surface area contributed by atoms with E-state index in [-0.39, 0.29) is 5.54 Å². The third-order valence-corrected chi connectivity index (χ3v) is 4.07. The lowest BCUT2D eigenvalue weighted by atomic mass is 9.79. The van der Waals surface area contributed by atoms with Crippen LogP contribution in [0.5, 0.6) is 0 Å². The van der Waals surface area contributed by atoms with Gasteiger partial charge in [-0.25, -0.2) is 0 Å². The average molecular weight is 286 g/mol. The average Bonchev–Trinajstić information content (AvgIpc) is 2.26. The van der Waals surface area contributed by atoms with Gasteiger partial charge in [0.25, 0.3) is 0 Å². The first-order valence-corrected chi connectivity index (χ1v) is 8.30. The quantitative estimate of drug-likeness (QED) is 0.669. The van der Waals surface area contributed by atoms with E-state index in [1.165, 1.54) is 12.8 Å². The highest BCUT2D eigenvalue weighted by Gasteiger charge is 2.38. The lowest BCUT2D eigenvalue weighted by Crippen LogP contribution is -2.60. The predicted molar refractivity (Wildman–Crippen MR) is 91.1 cm³/mol. The van der Waals surface area contributed by atoms with Crippen molar-refractivity contribution in [3.8, 4) is 0 Å². The van der Waals surface area contributed by atoms with E-state index < -0.39 is 0 Å². The van der Waals surface area contributed by atoms with Gasteiger partial charge in [0, 0.05) is 24.7 Å². The number of likely N-dealkylation sites (N-methyl/N-ethyl adjacent to an activating group) is 2. The summed E-state index contributed by atoms with van der Waals surface area (Å²) in [6, 6.07) is 0.538. The molecule has 0 spiro atoms. The van der Waals surface area contributed by atoms with Crippen molar-refractivity contribution in [2.75, 3.05) is 33.7 Å². The molecule has 0 bridgehead atoms. The van der Waals surface area contributed by atoms with E-state index in [9.17, 15) is 0 Å². The van der Waals surface area contributed by atoms with Crippen molar-refractivity contribution in [2.24, 2.45) is 17.6 Å². The molecule has 0 heterocycles. The van der Waals surface area contributed by atoms with E-state index >= 15 is 0 Å². The van der Waals surface area contributed by atoms with Gasteiger partial charge in [-0.2, -0.15) is 0 Å². The molecule has 0 rings (SSSR count). The molecule has 0 radical (unpaired) electrons. The molecule has 0 saturated heterocycles. The molecule has 122 valence electrons. The molecular formula is C17H39N3. The van der Waals surface area contributed by atoms with E-state index in [1.807, 2.05) is 0 Å². The summed E-state index contributed by atoms with van der Waals surface area (Å²) >= 11 is 0. The first kappa shape index (κ1) is 19.9. The second-order valence-electron chi connectivity index (χ2n) is 7.52. The number of hydrogen-bond donors (Lipinski definition) is 1. The standard InChI is InChI=1S/C17H39N3/c1-9-20(16(6)12-19(7)8)17(13-18,10-14(2)3)11-15(4)5/h14-16H,9-13,18H2,1-8H3. The topological polar surface area (TPSA) is 32.5 Å². The van der Waals surface area contributed by atoms with Crippen molar-refractivity contribution in [2.45, 2.75) is 66.0 Å². The fourth-order valence-electron chi connectivity index (χ4n) is 3.86. The van der Waals surface area contributed by atoms with Crippen molar-refractivity contribution in [3.05, 3.63) is 0 Å².